The maximum absolute atomic E-state index is 4.00. The van der Waals surface area contributed by atoms with E-state index < -0.39 is 0 Å². The van der Waals surface area contributed by atoms with Crippen molar-refractivity contribution >= 4 is 0 Å². The third kappa shape index (κ3) is 5.69. The first kappa shape index (κ1) is 14.0. The van der Waals surface area contributed by atoms with Crippen LogP contribution in [-0.4, -0.2) is 12.6 Å². The van der Waals surface area contributed by atoms with Crippen molar-refractivity contribution in [1.29, 1.82) is 0 Å². The normalized spacial score (nSPS) is 12.4. The summed E-state index contributed by atoms with van der Waals surface area (Å²) >= 11 is 0. The number of nitrogens with one attached hydrogen (secondary N) is 1. The van der Waals surface area contributed by atoms with Crippen molar-refractivity contribution in [3.8, 4) is 0 Å². The zero-order valence-electron chi connectivity index (χ0n) is 11.4. The molecular formula is C16H25N. The topological polar surface area (TPSA) is 12.0 Å². The highest BCUT2D eigenvalue weighted by Gasteiger charge is 2.07. The molecule has 1 rings (SSSR count). The van der Waals surface area contributed by atoms with Gasteiger partial charge in [-0.1, -0.05) is 42.3 Å². The summed E-state index contributed by atoms with van der Waals surface area (Å²) in [5.74, 6) is 0. The molecule has 1 nitrogen and oxygen atoms in total. The second-order valence-electron chi connectivity index (χ2n) is 4.94. The van der Waals surface area contributed by atoms with Gasteiger partial charge in [0.15, 0.2) is 0 Å². The van der Waals surface area contributed by atoms with Crippen molar-refractivity contribution in [2.45, 2.75) is 46.1 Å². The summed E-state index contributed by atoms with van der Waals surface area (Å²) in [6.07, 6.45) is 3.41. The Balaban J connectivity index is 2.45. The van der Waals surface area contributed by atoms with Crippen LogP contribution in [0.4, 0.5) is 0 Å². The van der Waals surface area contributed by atoms with E-state index in [2.05, 4.69) is 56.9 Å². The van der Waals surface area contributed by atoms with Crippen LogP contribution in [0, 0.1) is 6.92 Å². The van der Waals surface area contributed by atoms with Crippen LogP contribution in [0.25, 0.3) is 0 Å². The predicted molar refractivity (Wildman–Crippen MR) is 76.4 cm³/mol. The molecule has 1 heteroatoms. The minimum atomic E-state index is 0.568. The van der Waals surface area contributed by atoms with Crippen molar-refractivity contribution in [2.24, 2.45) is 0 Å². The molecule has 0 spiro atoms. The van der Waals surface area contributed by atoms with Crippen LogP contribution in [0.1, 0.15) is 37.8 Å². The van der Waals surface area contributed by atoms with Crippen LogP contribution in [0.2, 0.25) is 0 Å². The fourth-order valence-electron chi connectivity index (χ4n) is 2.08. The zero-order chi connectivity index (χ0) is 12.7. The number of hydrogen-bond donors (Lipinski definition) is 1. The molecule has 0 aliphatic carbocycles. The molecule has 0 radical (unpaired) electrons. The van der Waals surface area contributed by atoms with Gasteiger partial charge in [0.1, 0.15) is 0 Å². The van der Waals surface area contributed by atoms with Crippen LogP contribution in [-0.2, 0) is 6.42 Å². The van der Waals surface area contributed by atoms with E-state index in [1.54, 1.807) is 0 Å². The lowest BCUT2D eigenvalue weighted by Gasteiger charge is -2.17. The van der Waals surface area contributed by atoms with E-state index in [-0.39, 0.29) is 0 Å². The third-order valence-electron chi connectivity index (χ3n) is 2.99. The molecule has 0 aromatic heterocycles. The molecule has 1 atom stereocenters. The van der Waals surface area contributed by atoms with Crippen LogP contribution in [0.3, 0.4) is 0 Å². The monoisotopic (exact) mass is 231 g/mol. The summed E-state index contributed by atoms with van der Waals surface area (Å²) in [5, 5.41) is 3.53. The molecule has 17 heavy (non-hydrogen) atoms. The van der Waals surface area contributed by atoms with Gasteiger partial charge < -0.3 is 5.32 Å². The average Bonchev–Trinajstić information content (AvgIpc) is 2.27. The Hall–Kier alpha value is -1.08. The highest BCUT2D eigenvalue weighted by molar-refractivity contribution is 5.21. The standard InChI is InChI=1S/C16H25N/c1-5-17-16(12-13(2)3)11-10-15-8-6-14(4)7-9-15/h6-9,16-17H,2,5,10-12H2,1,3-4H3. The Morgan fingerprint density at radius 1 is 1.29 bits per heavy atom. The largest absolute Gasteiger partial charge is 0.314 e. The molecule has 0 amide bonds. The summed E-state index contributed by atoms with van der Waals surface area (Å²) < 4.78 is 0. The van der Waals surface area contributed by atoms with Gasteiger partial charge in [0, 0.05) is 6.04 Å². The van der Waals surface area contributed by atoms with E-state index in [0.717, 1.165) is 19.4 Å². The Labute approximate surface area is 106 Å². The summed E-state index contributed by atoms with van der Waals surface area (Å²) in [5.41, 5.74) is 4.03. The van der Waals surface area contributed by atoms with E-state index in [1.165, 1.54) is 23.1 Å². The van der Waals surface area contributed by atoms with Gasteiger partial charge >= 0.3 is 0 Å². The van der Waals surface area contributed by atoms with E-state index in [9.17, 15) is 0 Å². The maximum Gasteiger partial charge on any atom is 0.0107 e. The minimum absolute atomic E-state index is 0.568. The first-order chi connectivity index (χ1) is 8.11. The lowest BCUT2D eigenvalue weighted by Crippen LogP contribution is -2.29. The molecule has 0 aliphatic heterocycles. The Kier molecular flexibility index (Phi) is 5.99. The molecule has 0 fully saturated rings. The number of hydrogen-bond acceptors (Lipinski definition) is 1. The van der Waals surface area contributed by atoms with Crippen molar-refractivity contribution in [2.75, 3.05) is 6.54 Å². The highest BCUT2D eigenvalue weighted by Crippen LogP contribution is 2.11. The lowest BCUT2D eigenvalue weighted by molar-refractivity contribution is 0.490. The summed E-state index contributed by atoms with van der Waals surface area (Å²) in [6, 6.07) is 9.42. The van der Waals surface area contributed by atoms with E-state index in [0.29, 0.717) is 6.04 Å². The Morgan fingerprint density at radius 3 is 2.47 bits per heavy atom. The molecule has 0 bridgehead atoms. The van der Waals surface area contributed by atoms with Crippen molar-refractivity contribution < 1.29 is 0 Å². The highest BCUT2D eigenvalue weighted by atomic mass is 14.9. The van der Waals surface area contributed by atoms with E-state index in [1.807, 2.05) is 0 Å². The molecule has 0 saturated carbocycles. The minimum Gasteiger partial charge on any atom is -0.314 e. The number of aryl methyl sites for hydroxylation is 2. The lowest BCUT2D eigenvalue weighted by atomic mass is 10.00. The van der Waals surface area contributed by atoms with Crippen molar-refractivity contribution in [3.05, 3.63) is 47.5 Å². The van der Waals surface area contributed by atoms with Gasteiger partial charge in [-0.15, -0.1) is 6.58 Å². The average molecular weight is 231 g/mol. The van der Waals surface area contributed by atoms with Crippen LogP contribution >= 0.6 is 0 Å². The van der Waals surface area contributed by atoms with Gasteiger partial charge in [0.05, 0.1) is 0 Å². The van der Waals surface area contributed by atoms with Gasteiger partial charge in [0.2, 0.25) is 0 Å². The predicted octanol–water partition coefficient (Wildman–Crippen LogP) is 3.87. The fourth-order valence-corrected chi connectivity index (χ4v) is 2.08. The Bertz CT molecular complexity index is 337. The molecule has 1 aromatic rings. The summed E-state index contributed by atoms with van der Waals surface area (Å²) in [4.78, 5) is 0. The second kappa shape index (κ2) is 7.29. The maximum atomic E-state index is 4.00. The molecule has 1 aromatic carbocycles. The number of benzene rings is 1. The quantitative estimate of drug-likeness (QED) is 0.702. The van der Waals surface area contributed by atoms with E-state index in [4.69, 9.17) is 0 Å². The van der Waals surface area contributed by atoms with Crippen LogP contribution < -0.4 is 5.32 Å². The zero-order valence-corrected chi connectivity index (χ0v) is 11.4. The fraction of sp³-hybridized carbons (Fsp3) is 0.500. The Morgan fingerprint density at radius 2 is 1.94 bits per heavy atom. The molecular weight excluding hydrogens is 206 g/mol. The molecule has 1 unspecified atom stereocenters. The van der Waals surface area contributed by atoms with Gasteiger partial charge in [-0.05, 0) is 45.2 Å². The van der Waals surface area contributed by atoms with Crippen molar-refractivity contribution in [1.82, 2.24) is 5.32 Å². The molecule has 94 valence electrons. The molecule has 1 N–H and O–H groups in total. The summed E-state index contributed by atoms with van der Waals surface area (Å²) in [6.45, 7) is 11.4. The van der Waals surface area contributed by atoms with Crippen molar-refractivity contribution in [3.63, 3.8) is 0 Å². The van der Waals surface area contributed by atoms with Gasteiger partial charge in [0.25, 0.3) is 0 Å². The second-order valence-corrected chi connectivity index (χ2v) is 4.94. The molecule has 0 heterocycles. The van der Waals surface area contributed by atoms with Gasteiger partial charge in [-0.25, -0.2) is 0 Å². The third-order valence-corrected chi connectivity index (χ3v) is 2.99. The molecule has 0 aliphatic rings. The smallest absolute Gasteiger partial charge is 0.0107 e. The van der Waals surface area contributed by atoms with Crippen LogP contribution in [0.5, 0.6) is 0 Å². The SMILES string of the molecule is C=C(C)CC(CCc1ccc(C)cc1)NCC. The van der Waals surface area contributed by atoms with E-state index >= 15 is 0 Å². The first-order valence-corrected chi connectivity index (χ1v) is 6.55. The number of rotatable bonds is 7. The molecule has 0 saturated heterocycles. The van der Waals surface area contributed by atoms with Gasteiger partial charge in [-0.2, -0.15) is 0 Å². The van der Waals surface area contributed by atoms with Crippen LogP contribution in [0.15, 0.2) is 36.4 Å². The summed E-state index contributed by atoms with van der Waals surface area (Å²) in [7, 11) is 0. The van der Waals surface area contributed by atoms with Gasteiger partial charge in [-0.3, -0.25) is 0 Å². The first-order valence-electron chi connectivity index (χ1n) is 6.55.